The third-order valence-electron chi connectivity index (χ3n) is 6.90. The van der Waals surface area contributed by atoms with Crippen molar-refractivity contribution < 1.29 is 30.0 Å². The highest BCUT2D eigenvalue weighted by molar-refractivity contribution is 7.99. The van der Waals surface area contributed by atoms with Gasteiger partial charge in [-0.25, -0.2) is 0 Å². The van der Waals surface area contributed by atoms with Crippen molar-refractivity contribution in [3.8, 4) is 0 Å². The van der Waals surface area contributed by atoms with Gasteiger partial charge in [-0.2, -0.15) is 0 Å². The molecule has 2 heterocycles. The van der Waals surface area contributed by atoms with Gasteiger partial charge in [-0.3, -0.25) is 4.79 Å². The fourth-order valence-electron chi connectivity index (χ4n) is 4.94. The number of aliphatic hydroxyl groups excluding tert-OH is 3. The Kier molecular flexibility index (Phi) is 7.15. The lowest BCUT2D eigenvalue weighted by molar-refractivity contribution is -0.355. The monoisotopic (exact) mass is 456 g/mol. The molecule has 31 heavy (non-hydrogen) atoms. The molecule has 6 N–H and O–H groups in total. The highest BCUT2D eigenvalue weighted by Crippen LogP contribution is 2.56. The molecule has 3 rings (SSSR count). The summed E-state index contributed by atoms with van der Waals surface area (Å²) >= 11 is 1.50. The number of H-pyrrole nitrogens is 1. The van der Waals surface area contributed by atoms with Crippen molar-refractivity contribution in [1.29, 1.82) is 0 Å². The van der Waals surface area contributed by atoms with Crippen LogP contribution in [0.5, 0.6) is 0 Å². The van der Waals surface area contributed by atoms with E-state index in [0.717, 1.165) is 25.0 Å². The van der Waals surface area contributed by atoms with Gasteiger partial charge >= 0.3 is 0 Å². The summed E-state index contributed by atoms with van der Waals surface area (Å²) in [5.74, 6) is -2.55. The Morgan fingerprint density at radius 3 is 2.61 bits per heavy atom. The summed E-state index contributed by atoms with van der Waals surface area (Å²) in [4.78, 5) is 15.4. The minimum Gasteiger partial charge on any atom is -0.396 e. The zero-order chi connectivity index (χ0) is 23.0. The number of nitrogens with one attached hydrogen (secondary N) is 2. The van der Waals surface area contributed by atoms with E-state index >= 15 is 0 Å². The Labute approximate surface area is 187 Å². The van der Waals surface area contributed by atoms with E-state index in [-0.39, 0.29) is 16.9 Å². The molecule has 1 aliphatic heterocycles. The highest BCUT2D eigenvalue weighted by atomic mass is 32.2. The number of carbonyl (C=O) groups is 1. The van der Waals surface area contributed by atoms with Gasteiger partial charge in [0.2, 0.25) is 0 Å². The van der Waals surface area contributed by atoms with Gasteiger partial charge in [-0.15, -0.1) is 11.8 Å². The number of aromatic nitrogens is 1. The molecule has 7 atom stereocenters. The van der Waals surface area contributed by atoms with Gasteiger partial charge < -0.3 is 35.5 Å². The van der Waals surface area contributed by atoms with Gasteiger partial charge in [0, 0.05) is 11.7 Å². The summed E-state index contributed by atoms with van der Waals surface area (Å²) in [6, 6.07) is 3.55. The van der Waals surface area contributed by atoms with E-state index in [4.69, 9.17) is 4.74 Å². The average Bonchev–Trinajstić information content (AvgIpc) is 3.25. The Morgan fingerprint density at radius 1 is 1.32 bits per heavy atom. The fourth-order valence-corrected chi connectivity index (χ4v) is 6.63. The van der Waals surface area contributed by atoms with Crippen molar-refractivity contribution in [2.24, 2.45) is 17.3 Å². The predicted molar refractivity (Wildman–Crippen MR) is 118 cm³/mol. The molecule has 8 nitrogen and oxygen atoms in total. The Bertz CT molecular complexity index is 759. The smallest absolute Gasteiger partial charge is 0.268 e. The van der Waals surface area contributed by atoms with E-state index in [9.17, 15) is 25.2 Å². The third kappa shape index (κ3) is 4.82. The van der Waals surface area contributed by atoms with Crippen LogP contribution in [0, 0.1) is 17.3 Å². The van der Waals surface area contributed by atoms with Crippen molar-refractivity contribution in [2.75, 3.05) is 12.4 Å². The Morgan fingerprint density at radius 2 is 2.03 bits per heavy atom. The third-order valence-corrected chi connectivity index (χ3v) is 8.06. The van der Waals surface area contributed by atoms with E-state index in [0.29, 0.717) is 5.69 Å². The van der Waals surface area contributed by atoms with Gasteiger partial charge in [-0.05, 0) is 49.5 Å². The number of aromatic amines is 1. The van der Waals surface area contributed by atoms with Crippen molar-refractivity contribution in [3.05, 3.63) is 24.0 Å². The number of fused-ring (bicyclic) bond motifs is 1. The lowest BCUT2D eigenvalue weighted by atomic mass is 9.76. The molecule has 1 saturated carbocycles. The number of ether oxygens (including phenoxy) is 1. The molecule has 0 radical (unpaired) electrons. The van der Waals surface area contributed by atoms with Crippen LogP contribution in [-0.4, -0.2) is 72.6 Å². The highest BCUT2D eigenvalue weighted by Gasteiger charge is 2.70. The van der Waals surface area contributed by atoms with Crippen LogP contribution in [0.4, 0.5) is 0 Å². The van der Waals surface area contributed by atoms with Gasteiger partial charge in [-0.1, -0.05) is 20.8 Å². The SMILES string of the molecule is CCC(C)(CC(C)(C)CCSC1OC2(O)C(CO)C(O)C(O)C12)NC(=O)c1ccc[nH]1. The van der Waals surface area contributed by atoms with E-state index in [1.54, 1.807) is 18.3 Å². The van der Waals surface area contributed by atoms with Crippen LogP contribution >= 0.6 is 11.8 Å². The zero-order valence-corrected chi connectivity index (χ0v) is 19.5. The van der Waals surface area contributed by atoms with Crippen molar-refractivity contribution in [3.63, 3.8) is 0 Å². The second-order valence-corrected chi connectivity index (χ2v) is 11.2. The average molecular weight is 457 g/mol. The topological polar surface area (TPSA) is 135 Å². The van der Waals surface area contributed by atoms with Crippen LogP contribution in [0.25, 0.3) is 0 Å². The van der Waals surface area contributed by atoms with Crippen LogP contribution in [0.1, 0.15) is 57.4 Å². The van der Waals surface area contributed by atoms with Crippen LogP contribution < -0.4 is 5.32 Å². The molecule has 1 saturated heterocycles. The van der Waals surface area contributed by atoms with Crippen LogP contribution in [0.2, 0.25) is 0 Å². The molecular formula is C22H36N2O6S. The summed E-state index contributed by atoms with van der Waals surface area (Å²) in [5.41, 5.74) is -0.306. The maximum atomic E-state index is 12.5. The number of hydrogen-bond donors (Lipinski definition) is 6. The number of aliphatic hydroxyl groups is 4. The van der Waals surface area contributed by atoms with Crippen molar-refractivity contribution in [1.82, 2.24) is 10.3 Å². The minimum atomic E-state index is -1.66. The van der Waals surface area contributed by atoms with E-state index in [1.807, 2.05) is 0 Å². The summed E-state index contributed by atoms with van der Waals surface area (Å²) in [6.07, 6.45) is 1.84. The molecule has 7 unspecified atom stereocenters. The molecule has 0 aromatic carbocycles. The van der Waals surface area contributed by atoms with Crippen molar-refractivity contribution >= 4 is 17.7 Å². The Hall–Kier alpha value is -1.10. The van der Waals surface area contributed by atoms with E-state index in [1.165, 1.54) is 11.8 Å². The second kappa shape index (κ2) is 9.03. The number of carbonyl (C=O) groups excluding carboxylic acids is 1. The standard InChI is InChI=1S/C22H36N2O6S/c1-5-21(4,24-18(28)14-7-6-9-23-14)12-20(2,3)8-10-31-19-15-17(27)16(26)13(11-25)22(15,29)30-19/h6-7,9,13,15-17,19,23,25-27,29H,5,8,10-12H2,1-4H3,(H,24,28). The second-order valence-electron chi connectivity index (χ2n) is 9.95. The van der Waals surface area contributed by atoms with Crippen LogP contribution in [0.15, 0.2) is 18.3 Å². The summed E-state index contributed by atoms with van der Waals surface area (Å²) in [6.45, 7) is 8.00. The molecule has 0 bridgehead atoms. The minimum absolute atomic E-state index is 0.0672. The molecule has 1 aromatic rings. The normalized spacial score (nSPS) is 34.6. The maximum absolute atomic E-state index is 12.5. The van der Waals surface area contributed by atoms with Crippen molar-refractivity contribution in [2.45, 2.75) is 75.9 Å². The number of hydrogen-bond acceptors (Lipinski definition) is 7. The molecule has 2 aliphatic rings. The summed E-state index contributed by atoms with van der Waals surface area (Å²) < 4.78 is 5.60. The molecule has 1 amide bonds. The van der Waals surface area contributed by atoms with Gasteiger partial charge in [0.25, 0.3) is 5.91 Å². The molecule has 0 spiro atoms. The summed E-state index contributed by atoms with van der Waals surface area (Å²) in [5, 5.41) is 43.5. The summed E-state index contributed by atoms with van der Waals surface area (Å²) in [7, 11) is 0. The van der Waals surface area contributed by atoms with Crippen LogP contribution in [0.3, 0.4) is 0 Å². The van der Waals surface area contributed by atoms with Gasteiger partial charge in [0.1, 0.15) is 11.1 Å². The molecule has 1 aliphatic carbocycles. The maximum Gasteiger partial charge on any atom is 0.268 e. The first-order chi connectivity index (χ1) is 14.5. The van der Waals surface area contributed by atoms with Gasteiger partial charge in [0.15, 0.2) is 5.79 Å². The molecule has 1 aromatic heterocycles. The van der Waals surface area contributed by atoms with Crippen LogP contribution in [-0.2, 0) is 4.74 Å². The van der Waals surface area contributed by atoms with E-state index in [2.05, 4.69) is 38.0 Å². The lowest BCUT2D eigenvalue weighted by Gasteiger charge is -2.49. The molecule has 176 valence electrons. The van der Waals surface area contributed by atoms with Gasteiger partial charge in [0.05, 0.1) is 30.7 Å². The number of amides is 1. The lowest BCUT2D eigenvalue weighted by Crippen LogP contribution is -2.61. The fraction of sp³-hybridized carbons (Fsp3) is 0.773. The number of thioether (sulfide) groups is 1. The first-order valence-electron chi connectivity index (χ1n) is 10.9. The first kappa shape index (κ1) is 24.5. The molecular weight excluding hydrogens is 420 g/mol. The zero-order valence-electron chi connectivity index (χ0n) is 18.7. The molecule has 9 heteroatoms. The largest absolute Gasteiger partial charge is 0.396 e. The molecule has 2 fully saturated rings. The quantitative estimate of drug-likeness (QED) is 0.314. The predicted octanol–water partition coefficient (Wildman–Crippen LogP) is 1.46. The Balaban J connectivity index is 1.51. The van der Waals surface area contributed by atoms with E-state index < -0.39 is 41.9 Å². The number of rotatable bonds is 10. The first-order valence-corrected chi connectivity index (χ1v) is 12.0.